The Morgan fingerprint density at radius 2 is 1.17 bits per heavy atom. The van der Waals surface area contributed by atoms with Crippen LogP contribution < -0.4 is 37.7 Å². The standard InChI is InChI=1S/Cu.2Li.Mn.2O.2H/q;2*+1;;;;2*-1. The van der Waals surface area contributed by atoms with Crippen molar-refractivity contribution in [2.45, 2.75) is 0 Å². The molecular weight excluding hydrogens is 164 g/mol. The van der Waals surface area contributed by atoms with Crippen molar-refractivity contribution >= 4 is 0 Å². The van der Waals surface area contributed by atoms with Gasteiger partial charge in [0.15, 0.2) is 0 Å². The zero-order valence-corrected chi connectivity index (χ0v) is 5.62. The van der Waals surface area contributed by atoms with Crippen LogP contribution in [0.5, 0.6) is 0 Å². The summed E-state index contributed by atoms with van der Waals surface area (Å²) in [5.74, 6) is 0. The van der Waals surface area contributed by atoms with Crippen LogP contribution in [0.3, 0.4) is 0 Å². The van der Waals surface area contributed by atoms with Crippen LogP contribution in [0.2, 0.25) is 0 Å². The van der Waals surface area contributed by atoms with Gasteiger partial charge >= 0.3 is 77.3 Å². The summed E-state index contributed by atoms with van der Waals surface area (Å²) in [4.78, 5) is 0. The van der Waals surface area contributed by atoms with E-state index in [0.717, 1.165) is 0 Å². The van der Waals surface area contributed by atoms with Crippen LogP contribution in [-0.4, -0.2) is 0 Å². The molecule has 0 aromatic carbocycles. The molecule has 0 aliphatic rings. The van der Waals surface area contributed by atoms with E-state index >= 15 is 0 Å². The second-order valence-electron chi connectivity index (χ2n) is 0. The third-order valence-electron chi connectivity index (χ3n) is 0. The first-order valence-corrected chi connectivity index (χ1v) is 1.14. The van der Waals surface area contributed by atoms with Gasteiger partial charge in [-0.3, -0.25) is 0 Å². The summed E-state index contributed by atoms with van der Waals surface area (Å²) in [6.45, 7) is 0. The Balaban J connectivity index is -0.00000000167. The Labute approximate surface area is 79.6 Å². The summed E-state index contributed by atoms with van der Waals surface area (Å²) >= 11 is 4.62. The molecule has 0 rings (SSSR count). The Bertz CT molecular complexity index is 20.0. The average molecular weight is 166 g/mol. The van der Waals surface area contributed by atoms with Crippen molar-refractivity contribution in [2.24, 2.45) is 0 Å². The Morgan fingerprint density at radius 3 is 1.17 bits per heavy atom. The van der Waals surface area contributed by atoms with Gasteiger partial charge in [-0.25, -0.2) is 0 Å². The normalized spacial score (nSPS) is 1.67. The van der Waals surface area contributed by atoms with E-state index < -0.39 is 0 Å². The van der Waals surface area contributed by atoms with Gasteiger partial charge in [0, 0.05) is 0 Å². The molecule has 0 aliphatic carbocycles. The Morgan fingerprint density at radius 1 is 1.17 bits per heavy atom. The molecule has 0 bridgehead atoms. The van der Waals surface area contributed by atoms with Crippen LogP contribution in [0, 0.1) is 0 Å². The fourth-order valence-electron chi connectivity index (χ4n) is 0. The van der Waals surface area contributed by atoms with E-state index in [2.05, 4.69) is 15.9 Å². The second kappa shape index (κ2) is 69.2. The average Bonchev–Trinajstić information content (AvgIpc) is 1.50. The topological polar surface area (TPSA) is 34.1 Å². The second-order valence-corrected chi connectivity index (χ2v) is 0. The molecule has 34 valence electrons. The molecule has 0 radical (unpaired) electrons. The Kier molecular flexibility index (Phi) is 287. The van der Waals surface area contributed by atoms with Gasteiger partial charge in [-0.1, -0.05) is 0 Å². The summed E-state index contributed by atoms with van der Waals surface area (Å²) in [7, 11) is 0. The summed E-state index contributed by atoms with van der Waals surface area (Å²) in [5, 5.41) is 0. The van der Waals surface area contributed by atoms with Crippen molar-refractivity contribution in [3.05, 3.63) is 0 Å². The van der Waals surface area contributed by atoms with Crippen LogP contribution in [0.25, 0.3) is 0 Å². The molecule has 0 unspecified atom stereocenters. The van der Waals surface area contributed by atoms with Gasteiger partial charge < -0.3 is 2.85 Å². The van der Waals surface area contributed by atoms with E-state index in [1.807, 2.05) is 0 Å². The van der Waals surface area contributed by atoms with Crippen molar-refractivity contribution < 1.29 is 80.1 Å². The maximum absolute atomic E-state index is 8.06. The molecule has 6 heavy (non-hydrogen) atoms. The molecule has 6 heteroatoms. The van der Waals surface area contributed by atoms with E-state index in [-0.39, 0.29) is 40.6 Å². The molecule has 0 aromatic rings. The van der Waals surface area contributed by atoms with E-state index in [0.29, 0.717) is 0 Å². The van der Waals surface area contributed by atoms with E-state index in [4.69, 9.17) is 7.67 Å². The predicted octanol–water partition coefficient (Wildman–Crippen LogP) is -6.01. The van der Waals surface area contributed by atoms with Crippen LogP contribution in [-0.2, 0) is 39.6 Å². The summed E-state index contributed by atoms with van der Waals surface area (Å²) in [6, 6.07) is 0. The van der Waals surface area contributed by atoms with Crippen molar-refractivity contribution in [3.63, 3.8) is 0 Å². The molecular formula is H2CuLi2MnO2. The van der Waals surface area contributed by atoms with Crippen molar-refractivity contribution in [1.82, 2.24) is 0 Å². The van der Waals surface area contributed by atoms with Crippen molar-refractivity contribution in [3.8, 4) is 0 Å². The first-order valence-electron chi connectivity index (χ1n) is 0.277. The number of rotatable bonds is 0. The fraction of sp³-hybridized carbons (Fsp3) is 0. The summed E-state index contributed by atoms with van der Waals surface area (Å²) in [5.41, 5.74) is 0. The first-order chi connectivity index (χ1) is 2.00. The molecule has 0 aromatic heterocycles. The van der Waals surface area contributed by atoms with Crippen LogP contribution in [0.15, 0.2) is 0 Å². The van der Waals surface area contributed by atoms with Gasteiger partial charge in [0.25, 0.3) is 0 Å². The predicted molar refractivity (Wildman–Crippen MR) is 3.60 cm³/mol. The third-order valence-corrected chi connectivity index (χ3v) is 0. The molecule has 0 aliphatic heterocycles. The van der Waals surface area contributed by atoms with Gasteiger partial charge in [0.1, 0.15) is 0 Å². The summed E-state index contributed by atoms with van der Waals surface area (Å²) < 4.78 is 15.9. The monoisotopic (exact) mass is 166 g/mol. The van der Waals surface area contributed by atoms with Crippen molar-refractivity contribution in [2.75, 3.05) is 0 Å². The minimum absolute atomic E-state index is 0. The molecule has 0 fully saturated rings. The SMILES string of the molecule is [H-].[H-].[Li+].[Li+].[O]=[Cu].[O]=[Mn]. The van der Waals surface area contributed by atoms with Crippen molar-refractivity contribution in [1.29, 1.82) is 0 Å². The van der Waals surface area contributed by atoms with Crippen LogP contribution >= 0.6 is 0 Å². The summed E-state index contributed by atoms with van der Waals surface area (Å²) in [6.07, 6.45) is 0. The van der Waals surface area contributed by atoms with E-state index in [1.54, 1.807) is 15.9 Å². The van der Waals surface area contributed by atoms with Gasteiger partial charge in [-0.15, -0.1) is 0 Å². The van der Waals surface area contributed by atoms with Gasteiger partial charge in [-0.05, 0) is 0 Å². The van der Waals surface area contributed by atoms with E-state index in [9.17, 15) is 0 Å². The zero-order chi connectivity index (χ0) is 4.00. The molecule has 2 nitrogen and oxygen atoms in total. The Hall–Kier alpha value is 1.83. The molecule has 0 N–H and O–H groups in total. The minimum atomic E-state index is 0. The number of hydrogen-bond donors (Lipinski definition) is 0. The zero-order valence-electron chi connectivity index (χ0n) is 5.50. The van der Waals surface area contributed by atoms with Gasteiger partial charge in [0.2, 0.25) is 0 Å². The van der Waals surface area contributed by atoms with Crippen LogP contribution in [0.1, 0.15) is 2.85 Å². The maximum atomic E-state index is 8.06. The van der Waals surface area contributed by atoms with Gasteiger partial charge in [-0.2, -0.15) is 0 Å². The quantitative estimate of drug-likeness (QED) is 0.336. The molecule has 0 saturated heterocycles. The first kappa shape index (κ1) is 24.9. The third kappa shape index (κ3) is 40.5. The van der Waals surface area contributed by atoms with Gasteiger partial charge in [0.05, 0.1) is 0 Å². The fourth-order valence-corrected chi connectivity index (χ4v) is 0. The van der Waals surface area contributed by atoms with E-state index in [1.165, 1.54) is 0 Å². The molecule has 0 heterocycles. The molecule has 0 atom stereocenters. The molecule has 0 saturated carbocycles. The van der Waals surface area contributed by atoms with Crippen LogP contribution in [0.4, 0.5) is 0 Å². The number of hydrogen-bond acceptors (Lipinski definition) is 2. The molecule has 0 amide bonds. The molecule has 0 spiro atoms.